The first-order valence-electron chi connectivity index (χ1n) is 8.94. The molecule has 0 saturated carbocycles. The van der Waals surface area contributed by atoms with Gasteiger partial charge in [-0.3, -0.25) is 4.79 Å². The molecule has 140 valence electrons. The molecular formula is C20H21FN4O2. The minimum Gasteiger partial charge on any atom is -0.372 e. The van der Waals surface area contributed by atoms with E-state index >= 15 is 0 Å². The average Bonchev–Trinajstić information content (AvgIpc) is 3.05. The maximum absolute atomic E-state index is 13.3. The van der Waals surface area contributed by atoms with Crippen LogP contribution in [0.25, 0.3) is 10.9 Å². The number of carbonyl (C=O) groups excluding carboxylic acids is 1. The number of ether oxygens (including phenoxy) is 1. The van der Waals surface area contributed by atoms with Crippen molar-refractivity contribution < 1.29 is 13.9 Å². The number of hydrogen-bond donors (Lipinski definition) is 2. The largest absolute Gasteiger partial charge is 0.372 e. The van der Waals surface area contributed by atoms with Crippen LogP contribution in [0.15, 0.2) is 42.6 Å². The molecule has 2 aromatic heterocycles. The summed E-state index contributed by atoms with van der Waals surface area (Å²) in [7, 11) is 0. The third kappa shape index (κ3) is 3.78. The molecule has 1 aliphatic rings. The second-order valence-electron chi connectivity index (χ2n) is 6.94. The minimum absolute atomic E-state index is 0.154. The quantitative estimate of drug-likeness (QED) is 0.742. The monoisotopic (exact) mass is 368 g/mol. The van der Waals surface area contributed by atoms with Gasteiger partial charge in [0.1, 0.15) is 17.3 Å². The summed E-state index contributed by atoms with van der Waals surface area (Å²) in [5.41, 5.74) is 1.68. The van der Waals surface area contributed by atoms with E-state index in [0.717, 1.165) is 18.9 Å². The fourth-order valence-electron chi connectivity index (χ4n) is 3.44. The second-order valence-corrected chi connectivity index (χ2v) is 6.94. The SMILES string of the molecule is CC1CN(c2ccc(NC(=O)c3cc4cc(F)ccc4[nH]3)cn2)CC(C)O1. The molecule has 3 heterocycles. The van der Waals surface area contributed by atoms with Crippen LogP contribution in [0.1, 0.15) is 24.3 Å². The highest BCUT2D eigenvalue weighted by atomic mass is 19.1. The number of fused-ring (bicyclic) bond motifs is 1. The molecule has 2 N–H and O–H groups in total. The van der Waals surface area contributed by atoms with Crippen molar-refractivity contribution in [3.05, 3.63) is 54.1 Å². The lowest BCUT2D eigenvalue weighted by Crippen LogP contribution is -2.45. The first kappa shape index (κ1) is 17.5. The number of carbonyl (C=O) groups is 1. The lowest BCUT2D eigenvalue weighted by Gasteiger charge is -2.36. The van der Waals surface area contributed by atoms with Crippen LogP contribution in [0.3, 0.4) is 0 Å². The predicted octanol–water partition coefficient (Wildman–Crippen LogP) is 3.57. The number of amides is 1. The van der Waals surface area contributed by atoms with Gasteiger partial charge in [0.05, 0.1) is 24.1 Å². The Balaban J connectivity index is 1.46. The Morgan fingerprint density at radius 1 is 1.22 bits per heavy atom. The lowest BCUT2D eigenvalue weighted by molar-refractivity contribution is -0.00545. The summed E-state index contributed by atoms with van der Waals surface area (Å²) in [5.74, 6) is 0.228. The fraction of sp³-hybridized carbons (Fsp3) is 0.300. The van der Waals surface area contributed by atoms with Crippen molar-refractivity contribution in [1.82, 2.24) is 9.97 Å². The Kier molecular flexibility index (Phi) is 4.53. The van der Waals surface area contributed by atoms with Gasteiger partial charge in [0, 0.05) is 24.0 Å². The van der Waals surface area contributed by atoms with Crippen molar-refractivity contribution >= 4 is 28.3 Å². The number of nitrogens with zero attached hydrogens (tertiary/aromatic N) is 2. The number of nitrogens with one attached hydrogen (secondary N) is 2. The highest BCUT2D eigenvalue weighted by molar-refractivity contribution is 6.05. The average molecular weight is 368 g/mol. The summed E-state index contributed by atoms with van der Waals surface area (Å²) in [6, 6.07) is 9.71. The van der Waals surface area contributed by atoms with E-state index in [-0.39, 0.29) is 23.9 Å². The smallest absolute Gasteiger partial charge is 0.272 e. The standard InChI is InChI=1S/C20H21FN4O2/c1-12-10-25(11-13(2)27-12)19-6-4-16(9-22-19)23-20(26)18-8-14-7-15(21)3-5-17(14)24-18/h3-9,12-13,24H,10-11H2,1-2H3,(H,23,26). The first-order valence-corrected chi connectivity index (χ1v) is 8.94. The van der Waals surface area contributed by atoms with Crippen molar-refractivity contribution in [2.75, 3.05) is 23.3 Å². The molecule has 1 amide bonds. The Morgan fingerprint density at radius 3 is 2.70 bits per heavy atom. The molecule has 1 fully saturated rings. The molecule has 0 bridgehead atoms. The van der Waals surface area contributed by atoms with Gasteiger partial charge < -0.3 is 19.9 Å². The Hall–Kier alpha value is -2.93. The summed E-state index contributed by atoms with van der Waals surface area (Å²) < 4.78 is 19.0. The molecule has 0 radical (unpaired) electrons. The van der Waals surface area contributed by atoms with Gasteiger partial charge in [-0.25, -0.2) is 9.37 Å². The molecule has 0 aliphatic carbocycles. The zero-order chi connectivity index (χ0) is 19.0. The van der Waals surface area contributed by atoms with Crippen molar-refractivity contribution in [3.8, 4) is 0 Å². The van der Waals surface area contributed by atoms with Crippen LogP contribution in [0.5, 0.6) is 0 Å². The molecule has 6 nitrogen and oxygen atoms in total. The van der Waals surface area contributed by atoms with E-state index in [4.69, 9.17) is 4.74 Å². The molecule has 0 spiro atoms. The van der Waals surface area contributed by atoms with Gasteiger partial charge in [-0.2, -0.15) is 0 Å². The van der Waals surface area contributed by atoms with E-state index in [1.807, 2.05) is 26.0 Å². The van der Waals surface area contributed by atoms with Crippen LogP contribution in [0.4, 0.5) is 15.9 Å². The molecule has 4 rings (SSSR count). The maximum Gasteiger partial charge on any atom is 0.272 e. The summed E-state index contributed by atoms with van der Waals surface area (Å²) in [4.78, 5) is 22.1. The number of anilines is 2. The van der Waals surface area contributed by atoms with Gasteiger partial charge in [-0.05, 0) is 50.2 Å². The van der Waals surface area contributed by atoms with E-state index < -0.39 is 0 Å². The molecule has 3 aromatic rings. The van der Waals surface area contributed by atoms with E-state index in [2.05, 4.69) is 20.2 Å². The number of halogens is 1. The van der Waals surface area contributed by atoms with Gasteiger partial charge in [0.15, 0.2) is 0 Å². The zero-order valence-corrected chi connectivity index (χ0v) is 15.2. The summed E-state index contributed by atoms with van der Waals surface area (Å²) in [5, 5.41) is 3.47. The first-order chi connectivity index (χ1) is 13.0. The van der Waals surface area contributed by atoms with Crippen LogP contribution < -0.4 is 10.2 Å². The van der Waals surface area contributed by atoms with Crippen LogP contribution in [-0.2, 0) is 4.74 Å². The Labute approximate surface area is 156 Å². The molecule has 1 saturated heterocycles. The molecule has 27 heavy (non-hydrogen) atoms. The molecule has 1 aromatic carbocycles. The van der Waals surface area contributed by atoms with Crippen LogP contribution >= 0.6 is 0 Å². The predicted molar refractivity (Wildman–Crippen MR) is 103 cm³/mol. The van der Waals surface area contributed by atoms with Gasteiger partial charge in [-0.1, -0.05) is 0 Å². The summed E-state index contributed by atoms with van der Waals surface area (Å²) in [6.07, 6.45) is 1.95. The Morgan fingerprint density at radius 2 is 2.00 bits per heavy atom. The van der Waals surface area contributed by atoms with Crippen molar-refractivity contribution in [1.29, 1.82) is 0 Å². The highest BCUT2D eigenvalue weighted by Gasteiger charge is 2.23. The minimum atomic E-state index is -0.333. The zero-order valence-electron chi connectivity index (χ0n) is 15.2. The van der Waals surface area contributed by atoms with Gasteiger partial charge in [0.25, 0.3) is 5.91 Å². The van der Waals surface area contributed by atoms with E-state index in [1.165, 1.54) is 12.1 Å². The number of aromatic amines is 1. The second kappa shape index (κ2) is 7.00. The van der Waals surface area contributed by atoms with Gasteiger partial charge in [0.2, 0.25) is 0 Å². The van der Waals surface area contributed by atoms with Crippen molar-refractivity contribution in [2.24, 2.45) is 0 Å². The topological polar surface area (TPSA) is 70.2 Å². The molecule has 2 atom stereocenters. The van der Waals surface area contributed by atoms with E-state index in [0.29, 0.717) is 22.3 Å². The number of H-pyrrole nitrogens is 1. The third-order valence-electron chi connectivity index (χ3n) is 4.58. The molecular weight excluding hydrogens is 347 g/mol. The number of aromatic nitrogens is 2. The molecule has 1 aliphatic heterocycles. The van der Waals surface area contributed by atoms with Crippen LogP contribution in [0, 0.1) is 5.82 Å². The molecule has 7 heteroatoms. The maximum atomic E-state index is 13.3. The van der Waals surface area contributed by atoms with Gasteiger partial charge >= 0.3 is 0 Å². The Bertz CT molecular complexity index is 960. The number of pyridine rings is 1. The number of rotatable bonds is 3. The third-order valence-corrected chi connectivity index (χ3v) is 4.58. The number of benzene rings is 1. The number of morpholine rings is 1. The highest BCUT2D eigenvalue weighted by Crippen LogP contribution is 2.21. The summed E-state index contributed by atoms with van der Waals surface area (Å²) >= 11 is 0. The normalized spacial score (nSPS) is 20.0. The molecule has 2 unspecified atom stereocenters. The van der Waals surface area contributed by atoms with Gasteiger partial charge in [-0.15, -0.1) is 0 Å². The lowest BCUT2D eigenvalue weighted by atomic mass is 10.2. The fourth-order valence-corrected chi connectivity index (χ4v) is 3.44. The van der Waals surface area contributed by atoms with Crippen LogP contribution in [0.2, 0.25) is 0 Å². The van der Waals surface area contributed by atoms with Crippen molar-refractivity contribution in [2.45, 2.75) is 26.1 Å². The van der Waals surface area contributed by atoms with Crippen LogP contribution in [-0.4, -0.2) is 41.2 Å². The van der Waals surface area contributed by atoms with E-state index in [1.54, 1.807) is 18.3 Å². The number of hydrogen-bond acceptors (Lipinski definition) is 4. The summed E-state index contributed by atoms with van der Waals surface area (Å²) in [6.45, 7) is 5.66. The van der Waals surface area contributed by atoms with Crippen molar-refractivity contribution in [3.63, 3.8) is 0 Å². The van der Waals surface area contributed by atoms with E-state index in [9.17, 15) is 9.18 Å².